The largest absolute Gasteiger partial charge is 0.396 e. The SMILES string of the molecule is Nc1ccc(F)c(C#Cc2cccnc2)c1F. The molecule has 4 heteroatoms. The van der Waals surface area contributed by atoms with Crippen molar-refractivity contribution in [2.75, 3.05) is 5.73 Å². The average Bonchev–Trinajstić information content (AvgIpc) is 2.35. The fourth-order valence-corrected chi connectivity index (χ4v) is 1.25. The second-order valence-corrected chi connectivity index (χ2v) is 3.32. The molecule has 0 amide bonds. The standard InChI is InChI=1S/C13H8F2N2/c14-11-5-6-12(16)13(15)10(11)4-3-9-2-1-7-17-8-9/h1-2,5-8H,16H2. The molecule has 0 bridgehead atoms. The smallest absolute Gasteiger partial charge is 0.164 e. The summed E-state index contributed by atoms with van der Waals surface area (Å²) in [5.41, 5.74) is 5.47. The number of pyridine rings is 1. The third-order valence-corrected chi connectivity index (χ3v) is 2.11. The molecule has 0 radical (unpaired) electrons. The van der Waals surface area contributed by atoms with Crippen molar-refractivity contribution in [3.05, 3.63) is 59.4 Å². The lowest BCUT2D eigenvalue weighted by Gasteiger charge is -1.99. The summed E-state index contributed by atoms with van der Waals surface area (Å²) in [5.74, 6) is 3.48. The topological polar surface area (TPSA) is 38.9 Å². The average molecular weight is 230 g/mol. The number of nitrogens with two attached hydrogens (primary N) is 1. The van der Waals surface area contributed by atoms with E-state index in [0.29, 0.717) is 5.56 Å². The van der Waals surface area contributed by atoms with Crippen LogP contribution in [0, 0.1) is 23.5 Å². The van der Waals surface area contributed by atoms with Gasteiger partial charge < -0.3 is 5.73 Å². The molecule has 17 heavy (non-hydrogen) atoms. The van der Waals surface area contributed by atoms with E-state index in [1.54, 1.807) is 18.3 Å². The molecule has 0 spiro atoms. The van der Waals surface area contributed by atoms with Crippen molar-refractivity contribution in [3.8, 4) is 11.8 Å². The third-order valence-electron chi connectivity index (χ3n) is 2.11. The van der Waals surface area contributed by atoms with Gasteiger partial charge in [-0.15, -0.1) is 0 Å². The normalized spacial score (nSPS) is 9.53. The van der Waals surface area contributed by atoms with Crippen molar-refractivity contribution in [3.63, 3.8) is 0 Å². The van der Waals surface area contributed by atoms with Crippen molar-refractivity contribution < 1.29 is 8.78 Å². The summed E-state index contributed by atoms with van der Waals surface area (Å²) in [6.07, 6.45) is 3.10. The van der Waals surface area contributed by atoms with Crippen LogP contribution in [0.15, 0.2) is 36.7 Å². The summed E-state index contributed by atoms with van der Waals surface area (Å²) in [7, 11) is 0. The molecular weight excluding hydrogens is 222 g/mol. The van der Waals surface area contributed by atoms with Crippen molar-refractivity contribution >= 4 is 5.69 Å². The number of nitrogens with zero attached hydrogens (tertiary/aromatic N) is 1. The first-order chi connectivity index (χ1) is 8.18. The molecule has 0 fully saturated rings. The minimum Gasteiger partial charge on any atom is -0.396 e. The summed E-state index contributed by atoms with van der Waals surface area (Å²) >= 11 is 0. The lowest BCUT2D eigenvalue weighted by molar-refractivity contribution is 0.580. The summed E-state index contributed by atoms with van der Waals surface area (Å²) in [4.78, 5) is 3.84. The maximum atomic E-state index is 13.5. The van der Waals surface area contributed by atoms with Crippen LogP contribution in [0.4, 0.5) is 14.5 Å². The fraction of sp³-hybridized carbons (Fsp3) is 0. The molecule has 0 aliphatic carbocycles. The highest BCUT2D eigenvalue weighted by molar-refractivity contribution is 5.51. The maximum absolute atomic E-state index is 13.5. The molecule has 0 atom stereocenters. The summed E-state index contributed by atoms with van der Waals surface area (Å²) in [5, 5.41) is 0. The predicted molar refractivity (Wildman–Crippen MR) is 61.0 cm³/mol. The quantitative estimate of drug-likeness (QED) is 0.557. The molecule has 2 N–H and O–H groups in total. The van der Waals surface area contributed by atoms with Crippen LogP contribution in [0.5, 0.6) is 0 Å². The number of nitrogen functional groups attached to an aromatic ring is 1. The van der Waals surface area contributed by atoms with Crippen LogP contribution >= 0.6 is 0 Å². The molecule has 0 saturated heterocycles. The van der Waals surface area contributed by atoms with E-state index >= 15 is 0 Å². The zero-order valence-electron chi connectivity index (χ0n) is 8.74. The van der Waals surface area contributed by atoms with E-state index in [2.05, 4.69) is 16.8 Å². The molecule has 84 valence electrons. The summed E-state index contributed by atoms with van der Waals surface area (Å²) in [6, 6.07) is 5.64. The lowest BCUT2D eigenvalue weighted by atomic mass is 10.1. The molecule has 1 aromatic carbocycles. The van der Waals surface area contributed by atoms with Gasteiger partial charge in [0.15, 0.2) is 5.82 Å². The number of hydrogen-bond acceptors (Lipinski definition) is 2. The number of halogens is 2. The number of hydrogen-bond donors (Lipinski definition) is 1. The molecule has 2 rings (SSSR count). The minimum atomic E-state index is -0.832. The van der Waals surface area contributed by atoms with Crippen LogP contribution in [-0.4, -0.2) is 4.98 Å². The van der Waals surface area contributed by atoms with Gasteiger partial charge in [-0.25, -0.2) is 8.78 Å². The number of anilines is 1. The van der Waals surface area contributed by atoms with Crippen LogP contribution in [0.1, 0.15) is 11.1 Å². The predicted octanol–water partition coefficient (Wildman–Crippen LogP) is 2.34. The molecule has 1 heterocycles. The highest BCUT2D eigenvalue weighted by Gasteiger charge is 2.09. The molecule has 0 aliphatic rings. The van der Waals surface area contributed by atoms with Gasteiger partial charge in [-0.05, 0) is 24.3 Å². The molecule has 0 saturated carbocycles. The Labute approximate surface area is 97.1 Å². The van der Waals surface area contributed by atoms with E-state index in [4.69, 9.17) is 5.73 Å². The molecule has 0 aliphatic heterocycles. The van der Waals surface area contributed by atoms with E-state index in [9.17, 15) is 8.78 Å². The van der Waals surface area contributed by atoms with Crippen molar-refractivity contribution in [2.45, 2.75) is 0 Å². The Hall–Kier alpha value is -2.41. The van der Waals surface area contributed by atoms with Gasteiger partial charge in [-0.3, -0.25) is 4.98 Å². The number of benzene rings is 1. The first-order valence-corrected chi connectivity index (χ1v) is 4.84. The van der Waals surface area contributed by atoms with Gasteiger partial charge in [0.2, 0.25) is 0 Å². The Balaban J connectivity index is 2.44. The van der Waals surface area contributed by atoms with Crippen LogP contribution in [0.25, 0.3) is 0 Å². The van der Waals surface area contributed by atoms with E-state index < -0.39 is 11.6 Å². The van der Waals surface area contributed by atoms with Gasteiger partial charge in [0.05, 0.1) is 11.3 Å². The lowest BCUT2D eigenvalue weighted by Crippen LogP contribution is -1.96. The molecule has 2 nitrogen and oxygen atoms in total. The van der Waals surface area contributed by atoms with Gasteiger partial charge >= 0.3 is 0 Å². The maximum Gasteiger partial charge on any atom is 0.164 e. The Kier molecular flexibility index (Phi) is 3.01. The fourth-order valence-electron chi connectivity index (χ4n) is 1.25. The Morgan fingerprint density at radius 3 is 2.65 bits per heavy atom. The molecule has 0 unspecified atom stereocenters. The van der Waals surface area contributed by atoms with Crippen LogP contribution in [0.3, 0.4) is 0 Å². The number of aromatic nitrogens is 1. The Bertz CT molecular complexity index is 598. The zero-order chi connectivity index (χ0) is 12.3. The first-order valence-electron chi connectivity index (χ1n) is 4.84. The van der Waals surface area contributed by atoms with E-state index in [-0.39, 0.29) is 11.3 Å². The van der Waals surface area contributed by atoms with Gasteiger partial charge in [0, 0.05) is 18.0 Å². The van der Waals surface area contributed by atoms with E-state index in [1.165, 1.54) is 12.3 Å². The van der Waals surface area contributed by atoms with Gasteiger partial charge in [-0.1, -0.05) is 11.8 Å². The van der Waals surface area contributed by atoms with Crippen molar-refractivity contribution in [1.29, 1.82) is 0 Å². The summed E-state index contributed by atoms with van der Waals surface area (Å²) < 4.78 is 26.8. The van der Waals surface area contributed by atoms with Crippen molar-refractivity contribution in [2.24, 2.45) is 0 Å². The van der Waals surface area contributed by atoms with Gasteiger partial charge in [0.25, 0.3) is 0 Å². The molecular formula is C13H8F2N2. The van der Waals surface area contributed by atoms with Crippen LogP contribution in [-0.2, 0) is 0 Å². The monoisotopic (exact) mass is 230 g/mol. The highest BCUT2D eigenvalue weighted by atomic mass is 19.1. The van der Waals surface area contributed by atoms with E-state index in [1.807, 2.05) is 0 Å². The zero-order valence-corrected chi connectivity index (χ0v) is 8.74. The highest BCUT2D eigenvalue weighted by Crippen LogP contribution is 2.17. The molecule has 2 aromatic rings. The summed E-state index contributed by atoms with van der Waals surface area (Å²) in [6.45, 7) is 0. The van der Waals surface area contributed by atoms with Crippen LogP contribution < -0.4 is 5.73 Å². The first kappa shape index (κ1) is 11.1. The van der Waals surface area contributed by atoms with E-state index in [0.717, 1.165) is 6.07 Å². The van der Waals surface area contributed by atoms with Gasteiger partial charge in [0.1, 0.15) is 5.82 Å². The second-order valence-electron chi connectivity index (χ2n) is 3.32. The Morgan fingerprint density at radius 2 is 1.94 bits per heavy atom. The molecule has 1 aromatic heterocycles. The minimum absolute atomic E-state index is 0.123. The third kappa shape index (κ3) is 2.40. The second kappa shape index (κ2) is 4.62. The van der Waals surface area contributed by atoms with Crippen LogP contribution in [0.2, 0.25) is 0 Å². The van der Waals surface area contributed by atoms with Crippen molar-refractivity contribution in [1.82, 2.24) is 4.98 Å². The number of rotatable bonds is 0. The Morgan fingerprint density at radius 1 is 1.12 bits per heavy atom. The van der Waals surface area contributed by atoms with Gasteiger partial charge in [-0.2, -0.15) is 0 Å².